The minimum Gasteiger partial charge on any atom is -0.493 e. The third-order valence-electron chi connectivity index (χ3n) is 3.68. The van der Waals surface area contributed by atoms with Gasteiger partial charge in [-0.1, -0.05) is 6.07 Å². The average Bonchev–Trinajstić information content (AvgIpc) is 2.73. The first kappa shape index (κ1) is 11.6. The molecule has 0 spiro atoms. The van der Waals surface area contributed by atoms with E-state index in [9.17, 15) is 20.1 Å². The van der Waals surface area contributed by atoms with Gasteiger partial charge in [0.15, 0.2) is 5.69 Å². The predicted octanol–water partition coefficient (Wildman–Crippen LogP) is 2.93. The summed E-state index contributed by atoms with van der Waals surface area (Å²) in [5, 5.41) is 24.0. The fraction of sp³-hybridized carbons (Fsp3) is 0.333. The number of nitroso groups, excluding NO2 is 1. The van der Waals surface area contributed by atoms with Crippen LogP contribution in [-0.4, -0.2) is 15.0 Å². The van der Waals surface area contributed by atoms with E-state index in [2.05, 4.69) is 10.2 Å². The normalized spacial score (nSPS) is 18.2. The van der Waals surface area contributed by atoms with Crippen LogP contribution >= 0.6 is 0 Å². The number of hydrogen-bond acceptors (Lipinski definition) is 5. The Hall–Kier alpha value is -2.44. The third-order valence-corrected chi connectivity index (χ3v) is 3.68. The first-order valence-corrected chi connectivity index (χ1v) is 5.96. The third kappa shape index (κ3) is 1.58. The summed E-state index contributed by atoms with van der Waals surface area (Å²) < 4.78 is 0. The lowest BCUT2D eigenvalue weighted by molar-refractivity contribution is -0.531. The van der Waals surface area contributed by atoms with E-state index in [0.717, 1.165) is 5.56 Å². The van der Waals surface area contributed by atoms with Crippen LogP contribution in [0.3, 0.4) is 0 Å². The van der Waals surface area contributed by atoms with Crippen molar-refractivity contribution < 1.29 is 10.0 Å². The molecule has 7 nitrogen and oxygen atoms in total. The van der Waals surface area contributed by atoms with Gasteiger partial charge in [0, 0.05) is 22.3 Å². The molecule has 1 atom stereocenters. The maximum absolute atomic E-state index is 11.1. The molecular weight excluding hydrogens is 250 g/mol. The van der Waals surface area contributed by atoms with E-state index in [1.165, 1.54) is 0 Å². The lowest BCUT2D eigenvalue weighted by atomic mass is 9.86. The van der Waals surface area contributed by atoms with E-state index in [0.29, 0.717) is 35.7 Å². The molecule has 0 amide bonds. The number of aromatic hydroxyl groups is 1. The Morgan fingerprint density at radius 2 is 2.26 bits per heavy atom. The summed E-state index contributed by atoms with van der Waals surface area (Å²) in [5.74, 6) is -0.290. The Kier molecular flexibility index (Phi) is 2.48. The SMILES string of the molecule is O=Nc1c(O)[nH]c2c3c(ccc12)C([N+](=O)[O-])CCC3. The highest BCUT2D eigenvalue weighted by atomic mass is 16.6. The van der Waals surface area contributed by atoms with Gasteiger partial charge in [-0.2, -0.15) is 0 Å². The van der Waals surface area contributed by atoms with E-state index >= 15 is 0 Å². The number of nitro groups is 1. The zero-order chi connectivity index (χ0) is 13.6. The molecule has 0 bridgehead atoms. The van der Waals surface area contributed by atoms with Crippen LogP contribution in [0.5, 0.6) is 5.88 Å². The average molecular weight is 261 g/mol. The molecule has 1 aliphatic rings. The molecule has 1 aliphatic carbocycles. The number of nitrogens with one attached hydrogen (secondary N) is 1. The fourth-order valence-electron chi connectivity index (χ4n) is 2.83. The number of fused-ring (bicyclic) bond motifs is 3. The van der Waals surface area contributed by atoms with Gasteiger partial charge >= 0.3 is 0 Å². The quantitative estimate of drug-likeness (QED) is 0.492. The molecular formula is C12H11N3O4. The molecule has 0 saturated heterocycles. The van der Waals surface area contributed by atoms with Crippen molar-refractivity contribution >= 4 is 16.6 Å². The van der Waals surface area contributed by atoms with Gasteiger partial charge in [-0.15, -0.1) is 4.91 Å². The molecule has 0 fully saturated rings. The van der Waals surface area contributed by atoms with Gasteiger partial charge in [-0.25, -0.2) is 0 Å². The molecule has 1 heterocycles. The molecule has 2 N–H and O–H groups in total. The van der Waals surface area contributed by atoms with E-state index < -0.39 is 6.04 Å². The number of hydrogen-bond donors (Lipinski definition) is 2. The van der Waals surface area contributed by atoms with Gasteiger partial charge in [-0.05, 0) is 29.6 Å². The number of benzene rings is 1. The van der Waals surface area contributed by atoms with Crippen LogP contribution in [0, 0.1) is 15.0 Å². The summed E-state index contributed by atoms with van der Waals surface area (Å²) in [5.41, 5.74) is 2.00. The second kappa shape index (κ2) is 4.04. The van der Waals surface area contributed by atoms with Crippen molar-refractivity contribution in [3.8, 4) is 5.88 Å². The maximum atomic E-state index is 11.1. The molecule has 1 aromatic heterocycles. The second-order valence-electron chi connectivity index (χ2n) is 4.66. The van der Waals surface area contributed by atoms with Crippen molar-refractivity contribution in [1.82, 2.24) is 4.98 Å². The van der Waals surface area contributed by atoms with E-state index in [4.69, 9.17) is 0 Å². The molecule has 7 heteroatoms. The van der Waals surface area contributed by atoms with Crippen LogP contribution in [0.15, 0.2) is 17.3 Å². The van der Waals surface area contributed by atoms with Crippen LogP contribution in [0.2, 0.25) is 0 Å². The predicted molar refractivity (Wildman–Crippen MR) is 68.1 cm³/mol. The molecule has 1 aromatic carbocycles. The van der Waals surface area contributed by atoms with E-state index in [-0.39, 0.29) is 16.5 Å². The summed E-state index contributed by atoms with van der Waals surface area (Å²) in [7, 11) is 0. The summed E-state index contributed by atoms with van der Waals surface area (Å²) >= 11 is 0. The number of aromatic amines is 1. The van der Waals surface area contributed by atoms with Gasteiger partial charge in [0.1, 0.15) is 0 Å². The maximum Gasteiger partial charge on any atom is 0.238 e. The van der Waals surface area contributed by atoms with Crippen molar-refractivity contribution in [1.29, 1.82) is 0 Å². The largest absolute Gasteiger partial charge is 0.493 e. The van der Waals surface area contributed by atoms with Crippen LogP contribution in [-0.2, 0) is 6.42 Å². The van der Waals surface area contributed by atoms with Crippen molar-refractivity contribution in [2.75, 3.05) is 0 Å². The van der Waals surface area contributed by atoms with Crippen molar-refractivity contribution in [3.05, 3.63) is 38.3 Å². The molecule has 0 aliphatic heterocycles. The summed E-state index contributed by atoms with van der Waals surface area (Å²) in [6.45, 7) is 0. The highest BCUT2D eigenvalue weighted by molar-refractivity contribution is 5.96. The van der Waals surface area contributed by atoms with Gasteiger partial charge in [0.2, 0.25) is 11.9 Å². The minimum atomic E-state index is -0.716. The van der Waals surface area contributed by atoms with Crippen molar-refractivity contribution in [2.45, 2.75) is 25.3 Å². The Bertz CT molecular complexity index is 692. The van der Waals surface area contributed by atoms with Gasteiger partial charge in [0.05, 0.1) is 5.52 Å². The summed E-state index contributed by atoms with van der Waals surface area (Å²) in [6.07, 6.45) is 1.91. The second-order valence-corrected chi connectivity index (χ2v) is 4.66. The summed E-state index contributed by atoms with van der Waals surface area (Å²) in [6, 6.07) is 2.54. The highest BCUT2D eigenvalue weighted by Gasteiger charge is 2.31. The van der Waals surface area contributed by atoms with Crippen molar-refractivity contribution in [2.24, 2.45) is 5.18 Å². The number of aromatic nitrogens is 1. The lowest BCUT2D eigenvalue weighted by Crippen LogP contribution is -2.17. The molecule has 0 radical (unpaired) electrons. The van der Waals surface area contributed by atoms with Crippen LogP contribution in [0.25, 0.3) is 10.9 Å². The van der Waals surface area contributed by atoms with Gasteiger partial charge < -0.3 is 10.1 Å². The lowest BCUT2D eigenvalue weighted by Gasteiger charge is -2.19. The molecule has 98 valence electrons. The smallest absolute Gasteiger partial charge is 0.238 e. The Balaban J connectivity index is 2.29. The molecule has 1 unspecified atom stereocenters. The first-order valence-electron chi connectivity index (χ1n) is 5.96. The minimum absolute atomic E-state index is 0.0407. The highest BCUT2D eigenvalue weighted by Crippen LogP contribution is 2.41. The Morgan fingerprint density at radius 1 is 1.47 bits per heavy atom. The fourth-order valence-corrected chi connectivity index (χ4v) is 2.83. The number of H-pyrrole nitrogens is 1. The van der Waals surface area contributed by atoms with Gasteiger partial charge in [0.25, 0.3) is 0 Å². The first-order chi connectivity index (χ1) is 9.13. The number of nitrogens with zero attached hydrogens (tertiary/aromatic N) is 2. The van der Waals surface area contributed by atoms with Crippen LogP contribution < -0.4 is 0 Å². The van der Waals surface area contributed by atoms with Crippen LogP contribution in [0.1, 0.15) is 30.0 Å². The number of aryl methyl sites for hydroxylation is 1. The molecule has 0 saturated carbocycles. The van der Waals surface area contributed by atoms with Gasteiger partial charge in [-0.3, -0.25) is 10.1 Å². The monoisotopic (exact) mass is 261 g/mol. The Morgan fingerprint density at radius 3 is 2.95 bits per heavy atom. The molecule has 3 rings (SSSR count). The summed E-state index contributed by atoms with van der Waals surface area (Å²) in [4.78, 5) is 24.2. The van der Waals surface area contributed by atoms with E-state index in [1.54, 1.807) is 12.1 Å². The van der Waals surface area contributed by atoms with E-state index in [1.807, 2.05) is 0 Å². The molecule has 19 heavy (non-hydrogen) atoms. The van der Waals surface area contributed by atoms with Crippen LogP contribution in [0.4, 0.5) is 5.69 Å². The Labute approximate surface area is 107 Å². The molecule has 2 aromatic rings. The zero-order valence-electron chi connectivity index (χ0n) is 9.92. The van der Waals surface area contributed by atoms with Crippen molar-refractivity contribution in [3.63, 3.8) is 0 Å². The zero-order valence-corrected chi connectivity index (χ0v) is 9.92. The topological polar surface area (TPSA) is 109 Å². The standard InChI is InChI=1S/C12H11N3O4/c16-12-11(14-17)8-5-4-6-7(10(8)13-12)2-1-3-9(6)15(18)19/h4-5,9,13,16H,1-3H2. The number of rotatable bonds is 2.